The van der Waals surface area contributed by atoms with Crippen molar-refractivity contribution in [2.45, 2.75) is 13.8 Å². The van der Waals surface area contributed by atoms with E-state index >= 15 is 0 Å². The molecule has 2 rings (SSSR count). The van der Waals surface area contributed by atoms with E-state index in [1.165, 1.54) is 10.8 Å². The summed E-state index contributed by atoms with van der Waals surface area (Å²) in [5.41, 5.74) is 1.16. The van der Waals surface area contributed by atoms with Gasteiger partial charge in [0.1, 0.15) is 0 Å². The summed E-state index contributed by atoms with van der Waals surface area (Å²) in [6, 6.07) is 12.6. The molecule has 3 heteroatoms. The predicted octanol–water partition coefficient (Wildman–Crippen LogP) is 4.69. The molecule has 0 saturated carbocycles. The van der Waals surface area contributed by atoms with Gasteiger partial charge in [-0.05, 0) is 23.4 Å². The zero-order chi connectivity index (χ0) is 13.7. The molecule has 0 radical (unpaired) electrons. The number of benzene rings is 2. The molecule has 0 heterocycles. The monoisotopic (exact) mass is 321 g/mol. The van der Waals surface area contributed by atoms with Gasteiger partial charge in [0.2, 0.25) is 0 Å². The van der Waals surface area contributed by atoms with Crippen LogP contribution in [0, 0.1) is 5.92 Å². The van der Waals surface area contributed by atoms with Crippen LogP contribution in [-0.2, 0) is 4.74 Å². The van der Waals surface area contributed by atoms with Crippen molar-refractivity contribution in [1.29, 1.82) is 0 Å². The third-order valence-electron chi connectivity index (χ3n) is 2.88. The maximum atomic E-state index is 5.58. The van der Waals surface area contributed by atoms with Crippen LogP contribution in [-0.4, -0.2) is 19.8 Å². The first-order chi connectivity index (χ1) is 9.18. The third-order valence-corrected chi connectivity index (χ3v) is 3.58. The van der Waals surface area contributed by atoms with E-state index < -0.39 is 0 Å². The number of rotatable bonds is 6. The molecule has 0 bridgehead atoms. The first-order valence-electron chi connectivity index (χ1n) is 6.67. The maximum absolute atomic E-state index is 5.58. The van der Waals surface area contributed by atoms with Crippen LogP contribution in [0.2, 0.25) is 0 Å². The second-order valence-electron chi connectivity index (χ2n) is 5.04. The Bertz CT molecular complexity index is 539. The summed E-state index contributed by atoms with van der Waals surface area (Å²) in [6.07, 6.45) is 0. The van der Waals surface area contributed by atoms with Gasteiger partial charge in [-0.3, -0.25) is 0 Å². The fraction of sp³-hybridized carbons (Fsp3) is 0.375. The Morgan fingerprint density at radius 3 is 2.58 bits per heavy atom. The van der Waals surface area contributed by atoms with Crippen molar-refractivity contribution < 1.29 is 4.74 Å². The van der Waals surface area contributed by atoms with Crippen molar-refractivity contribution in [3.63, 3.8) is 0 Å². The lowest BCUT2D eigenvalue weighted by Gasteiger charge is -2.12. The quantitative estimate of drug-likeness (QED) is 0.779. The molecule has 19 heavy (non-hydrogen) atoms. The fourth-order valence-corrected chi connectivity index (χ4v) is 2.47. The Labute approximate surface area is 123 Å². The minimum Gasteiger partial charge on any atom is -0.382 e. The molecule has 0 aromatic heterocycles. The Kier molecular flexibility index (Phi) is 5.23. The number of halogens is 1. The summed E-state index contributed by atoms with van der Waals surface area (Å²) in [5, 5.41) is 5.91. The predicted molar refractivity (Wildman–Crippen MR) is 85.8 cm³/mol. The molecule has 0 unspecified atom stereocenters. The molecule has 0 aliphatic carbocycles. The number of hydrogen-bond donors (Lipinski definition) is 1. The Morgan fingerprint density at radius 2 is 1.84 bits per heavy atom. The molecule has 0 saturated heterocycles. The average Bonchev–Trinajstić information content (AvgIpc) is 2.41. The van der Waals surface area contributed by atoms with E-state index in [0.29, 0.717) is 5.92 Å². The van der Waals surface area contributed by atoms with Crippen LogP contribution in [0.1, 0.15) is 13.8 Å². The Morgan fingerprint density at radius 1 is 1.11 bits per heavy atom. The molecular weight excluding hydrogens is 302 g/mol. The zero-order valence-corrected chi connectivity index (χ0v) is 13.0. The molecule has 1 N–H and O–H groups in total. The van der Waals surface area contributed by atoms with Crippen LogP contribution < -0.4 is 5.32 Å². The largest absolute Gasteiger partial charge is 0.382 e. The van der Waals surface area contributed by atoms with E-state index in [0.717, 1.165) is 29.9 Å². The lowest BCUT2D eigenvalue weighted by molar-refractivity contribution is 0.118. The summed E-state index contributed by atoms with van der Waals surface area (Å²) in [5.74, 6) is 0.591. The maximum Gasteiger partial charge on any atom is 0.0639 e. The normalized spacial score (nSPS) is 11.2. The molecule has 0 fully saturated rings. The molecule has 0 aliphatic rings. The molecule has 0 amide bonds. The van der Waals surface area contributed by atoms with Gasteiger partial charge in [-0.25, -0.2) is 0 Å². The van der Waals surface area contributed by atoms with E-state index in [-0.39, 0.29) is 0 Å². The number of nitrogens with one attached hydrogen (secondary N) is 1. The van der Waals surface area contributed by atoms with Gasteiger partial charge in [0.25, 0.3) is 0 Å². The summed E-state index contributed by atoms with van der Waals surface area (Å²) in [6.45, 7) is 6.72. The molecular formula is C16H20BrNO. The molecule has 102 valence electrons. The minimum absolute atomic E-state index is 0.591. The van der Waals surface area contributed by atoms with Crippen LogP contribution in [0.3, 0.4) is 0 Å². The number of ether oxygens (including phenoxy) is 1. The minimum atomic E-state index is 0.591. The second-order valence-corrected chi connectivity index (χ2v) is 5.89. The second kappa shape index (κ2) is 6.92. The van der Waals surface area contributed by atoms with Gasteiger partial charge in [-0.1, -0.05) is 54.0 Å². The number of anilines is 1. The summed E-state index contributed by atoms with van der Waals surface area (Å²) < 4.78 is 6.71. The highest BCUT2D eigenvalue weighted by Crippen LogP contribution is 2.29. The average molecular weight is 322 g/mol. The van der Waals surface area contributed by atoms with Gasteiger partial charge in [-0.15, -0.1) is 0 Å². The van der Waals surface area contributed by atoms with Crippen LogP contribution in [0.4, 0.5) is 5.69 Å². The van der Waals surface area contributed by atoms with Crippen molar-refractivity contribution in [1.82, 2.24) is 0 Å². The third kappa shape index (κ3) is 3.95. The standard InChI is InChI=1S/C16H20BrNO/c1-12(2)11-19-10-9-18-16-8-7-15(17)13-5-3-4-6-14(13)16/h3-8,12,18H,9-11H2,1-2H3. The van der Waals surface area contributed by atoms with Gasteiger partial charge in [-0.2, -0.15) is 0 Å². The highest BCUT2D eigenvalue weighted by Gasteiger charge is 2.03. The molecule has 0 atom stereocenters. The smallest absolute Gasteiger partial charge is 0.0639 e. The van der Waals surface area contributed by atoms with E-state index in [1.54, 1.807) is 0 Å². The number of hydrogen-bond acceptors (Lipinski definition) is 2. The van der Waals surface area contributed by atoms with Crippen LogP contribution >= 0.6 is 15.9 Å². The number of fused-ring (bicyclic) bond motifs is 1. The van der Waals surface area contributed by atoms with Crippen LogP contribution in [0.25, 0.3) is 10.8 Å². The Balaban J connectivity index is 1.99. The first-order valence-corrected chi connectivity index (χ1v) is 7.46. The van der Waals surface area contributed by atoms with E-state index in [4.69, 9.17) is 4.74 Å². The van der Waals surface area contributed by atoms with Crippen molar-refractivity contribution in [3.8, 4) is 0 Å². The van der Waals surface area contributed by atoms with Crippen molar-refractivity contribution in [3.05, 3.63) is 40.9 Å². The summed E-state index contributed by atoms with van der Waals surface area (Å²) >= 11 is 3.59. The van der Waals surface area contributed by atoms with Gasteiger partial charge >= 0.3 is 0 Å². The molecule has 0 spiro atoms. The van der Waals surface area contributed by atoms with Gasteiger partial charge < -0.3 is 10.1 Å². The topological polar surface area (TPSA) is 21.3 Å². The SMILES string of the molecule is CC(C)COCCNc1ccc(Br)c2ccccc12. The van der Waals surface area contributed by atoms with Crippen molar-refractivity contribution in [2.24, 2.45) is 5.92 Å². The zero-order valence-electron chi connectivity index (χ0n) is 11.4. The van der Waals surface area contributed by atoms with Crippen molar-refractivity contribution in [2.75, 3.05) is 25.1 Å². The lowest BCUT2D eigenvalue weighted by atomic mass is 10.1. The Hall–Kier alpha value is -1.06. The van der Waals surface area contributed by atoms with Crippen molar-refractivity contribution >= 4 is 32.4 Å². The molecule has 2 nitrogen and oxygen atoms in total. The first kappa shape index (κ1) is 14.4. The van der Waals surface area contributed by atoms with E-state index in [9.17, 15) is 0 Å². The highest BCUT2D eigenvalue weighted by atomic mass is 79.9. The summed E-state index contributed by atoms with van der Waals surface area (Å²) in [4.78, 5) is 0. The van der Waals surface area contributed by atoms with Gasteiger partial charge in [0.15, 0.2) is 0 Å². The summed E-state index contributed by atoms with van der Waals surface area (Å²) in [7, 11) is 0. The highest BCUT2D eigenvalue weighted by molar-refractivity contribution is 9.10. The molecule has 2 aromatic carbocycles. The molecule has 2 aromatic rings. The van der Waals surface area contributed by atoms with Gasteiger partial charge in [0.05, 0.1) is 6.61 Å². The lowest BCUT2D eigenvalue weighted by Crippen LogP contribution is -2.12. The van der Waals surface area contributed by atoms with Crippen LogP contribution in [0.15, 0.2) is 40.9 Å². The fourth-order valence-electron chi connectivity index (χ4n) is 1.99. The molecule has 0 aliphatic heterocycles. The van der Waals surface area contributed by atoms with Crippen LogP contribution in [0.5, 0.6) is 0 Å². The van der Waals surface area contributed by atoms with E-state index in [1.807, 2.05) is 0 Å². The van der Waals surface area contributed by atoms with E-state index in [2.05, 4.69) is 71.5 Å². The van der Waals surface area contributed by atoms with Gasteiger partial charge in [0, 0.05) is 28.7 Å².